The van der Waals surface area contributed by atoms with Crippen LogP contribution in [0.2, 0.25) is 0 Å². The number of aromatic nitrogens is 4. The Morgan fingerprint density at radius 2 is 2.33 bits per heavy atom. The average Bonchev–Trinajstić information content (AvgIpc) is 3.00. The van der Waals surface area contributed by atoms with Crippen molar-refractivity contribution in [3.05, 3.63) is 18.2 Å². The summed E-state index contributed by atoms with van der Waals surface area (Å²) in [5.74, 6) is 0.914. The van der Waals surface area contributed by atoms with Gasteiger partial charge in [-0.25, -0.2) is 15.0 Å². The SMILES string of the molecule is C/C=C\c1nc2c(N)ncnc2n1C1CC(O)C(CO)O1. The van der Waals surface area contributed by atoms with E-state index >= 15 is 0 Å². The van der Waals surface area contributed by atoms with Gasteiger partial charge in [0.1, 0.15) is 24.5 Å². The van der Waals surface area contributed by atoms with E-state index in [0.29, 0.717) is 29.2 Å². The minimum atomic E-state index is -0.727. The molecule has 0 radical (unpaired) electrons. The van der Waals surface area contributed by atoms with Gasteiger partial charge < -0.3 is 20.7 Å². The van der Waals surface area contributed by atoms with Crippen molar-refractivity contribution in [1.29, 1.82) is 0 Å². The minimum Gasteiger partial charge on any atom is -0.394 e. The van der Waals surface area contributed by atoms with Crippen molar-refractivity contribution < 1.29 is 14.9 Å². The minimum absolute atomic E-state index is 0.236. The molecular weight excluding hydrogens is 274 g/mol. The zero-order valence-corrected chi connectivity index (χ0v) is 11.5. The summed E-state index contributed by atoms with van der Waals surface area (Å²) in [6.07, 6.45) is 3.58. The maximum atomic E-state index is 9.91. The van der Waals surface area contributed by atoms with E-state index in [1.165, 1.54) is 6.33 Å². The van der Waals surface area contributed by atoms with Gasteiger partial charge in [0.05, 0.1) is 12.7 Å². The first-order valence-electron chi connectivity index (χ1n) is 6.71. The number of anilines is 1. The van der Waals surface area contributed by atoms with Crippen LogP contribution in [-0.2, 0) is 4.74 Å². The van der Waals surface area contributed by atoms with E-state index in [-0.39, 0.29) is 6.61 Å². The van der Waals surface area contributed by atoms with E-state index in [1.54, 1.807) is 4.57 Å². The molecule has 2 aromatic heterocycles. The molecule has 8 heteroatoms. The molecule has 4 N–H and O–H groups in total. The zero-order valence-electron chi connectivity index (χ0n) is 11.5. The van der Waals surface area contributed by atoms with Crippen LogP contribution in [0.5, 0.6) is 0 Å². The number of hydrogen-bond donors (Lipinski definition) is 3. The molecule has 112 valence electrons. The van der Waals surface area contributed by atoms with Crippen molar-refractivity contribution in [3.63, 3.8) is 0 Å². The molecule has 21 heavy (non-hydrogen) atoms. The van der Waals surface area contributed by atoms with Crippen LogP contribution in [0.4, 0.5) is 5.82 Å². The molecular formula is C13H17N5O3. The number of nitrogen functional groups attached to an aromatic ring is 1. The number of fused-ring (bicyclic) bond motifs is 1. The quantitative estimate of drug-likeness (QED) is 0.732. The number of ether oxygens (including phenoxy) is 1. The second kappa shape index (κ2) is 5.40. The second-order valence-electron chi connectivity index (χ2n) is 4.89. The lowest BCUT2D eigenvalue weighted by Gasteiger charge is -2.15. The Bertz CT molecular complexity index is 684. The van der Waals surface area contributed by atoms with Gasteiger partial charge in [-0.05, 0) is 13.0 Å². The van der Waals surface area contributed by atoms with Crippen LogP contribution in [0.1, 0.15) is 25.4 Å². The standard InChI is InChI=1S/C13H17N5O3/c1-2-3-9-17-11-12(14)15-6-16-13(11)18(9)10-4-7(20)8(5-19)21-10/h2-3,6-8,10,19-20H,4-5H2,1H3,(H2,14,15,16)/b3-2-. The van der Waals surface area contributed by atoms with Crippen LogP contribution < -0.4 is 5.73 Å². The molecule has 1 aliphatic heterocycles. The second-order valence-corrected chi connectivity index (χ2v) is 4.89. The molecule has 0 spiro atoms. The van der Waals surface area contributed by atoms with Crippen LogP contribution in [0, 0.1) is 0 Å². The van der Waals surface area contributed by atoms with E-state index in [2.05, 4.69) is 15.0 Å². The van der Waals surface area contributed by atoms with E-state index in [4.69, 9.17) is 10.5 Å². The maximum absolute atomic E-state index is 9.91. The third-order valence-corrected chi connectivity index (χ3v) is 3.52. The van der Waals surface area contributed by atoms with E-state index in [9.17, 15) is 10.2 Å². The third kappa shape index (κ3) is 2.27. The summed E-state index contributed by atoms with van der Waals surface area (Å²) in [6, 6.07) is 0. The van der Waals surface area contributed by atoms with Crippen molar-refractivity contribution in [1.82, 2.24) is 19.5 Å². The molecule has 3 atom stereocenters. The van der Waals surface area contributed by atoms with Crippen molar-refractivity contribution in [2.45, 2.75) is 31.8 Å². The summed E-state index contributed by atoms with van der Waals surface area (Å²) in [7, 11) is 0. The fourth-order valence-corrected chi connectivity index (χ4v) is 2.53. The molecule has 1 fully saturated rings. The number of aliphatic hydroxyl groups excluding tert-OH is 2. The lowest BCUT2D eigenvalue weighted by atomic mass is 10.2. The summed E-state index contributed by atoms with van der Waals surface area (Å²) in [4.78, 5) is 12.6. The molecule has 3 heterocycles. The van der Waals surface area contributed by atoms with Gasteiger partial charge in [0, 0.05) is 6.42 Å². The van der Waals surface area contributed by atoms with Gasteiger partial charge in [-0.15, -0.1) is 0 Å². The van der Waals surface area contributed by atoms with Gasteiger partial charge in [-0.2, -0.15) is 0 Å². The van der Waals surface area contributed by atoms with Crippen LogP contribution in [0.15, 0.2) is 12.4 Å². The van der Waals surface area contributed by atoms with Crippen LogP contribution in [-0.4, -0.2) is 48.5 Å². The number of hydrogen-bond acceptors (Lipinski definition) is 7. The summed E-state index contributed by atoms with van der Waals surface area (Å²) in [5.41, 5.74) is 6.88. The smallest absolute Gasteiger partial charge is 0.168 e. The lowest BCUT2D eigenvalue weighted by Crippen LogP contribution is -2.24. The van der Waals surface area contributed by atoms with Gasteiger partial charge >= 0.3 is 0 Å². The first kappa shape index (κ1) is 13.9. The Balaban J connectivity index is 2.12. The Kier molecular flexibility index (Phi) is 3.58. The molecule has 8 nitrogen and oxygen atoms in total. The Hall–Kier alpha value is -2.03. The normalized spacial score (nSPS) is 26.1. The molecule has 1 aliphatic rings. The Labute approximate surface area is 120 Å². The largest absolute Gasteiger partial charge is 0.394 e. The molecule has 3 unspecified atom stereocenters. The van der Waals surface area contributed by atoms with Crippen LogP contribution >= 0.6 is 0 Å². The van der Waals surface area contributed by atoms with Gasteiger partial charge in [-0.1, -0.05) is 6.08 Å². The molecule has 0 amide bonds. The third-order valence-electron chi connectivity index (χ3n) is 3.52. The molecule has 1 saturated heterocycles. The fraction of sp³-hybridized carbons (Fsp3) is 0.462. The van der Waals surface area contributed by atoms with E-state index in [1.807, 2.05) is 19.1 Å². The van der Waals surface area contributed by atoms with Crippen LogP contribution in [0.3, 0.4) is 0 Å². The highest BCUT2D eigenvalue weighted by molar-refractivity contribution is 5.83. The number of allylic oxidation sites excluding steroid dienone is 1. The van der Waals surface area contributed by atoms with Gasteiger partial charge in [0.15, 0.2) is 17.0 Å². The monoisotopic (exact) mass is 291 g/mol. The summed E-state index contributed by atoms with van der Waals surface area (Å²) in [5, 5.41) is 19.1. The fourth-order valence-electron chi connectivity index (χ4n) is 2.53. The number of imidazole rings is 1. The van der Waals surface area contributed by atoms with E-state index < -0.39 is 18.4 Å². The highest BCUT2D eigenvalue weighted by atomic mass is 16.5. The van der Waals surface area contributed by atoms with Crippen molar-refractivity contribution in [3.8, 4) is 0 Å². The molecule has 0 aliphatic carbocycles. The van der Waals surface area contributed by atoms with Gasteiger partial charge in [0.2, 0.25) is 0 Å². The Morgan fingerprint density at radius 3 is 3.00 bits per heavy atom. The molecule has 0 aromatic carbocycles. The van der Waals surface area contributed by atoms with Crippen molar-refractivity contribution >= 4 is 23.1 Å². The highest BCUT2D eigenvalue weighted by Crippen LogP contribution is 2.33. The highest BCUT2D eigenvalue weighted by Gasteiger charge is 2.36. The Morgan fingerprint density at radius 1 is 1.52 bits per heavy atom. The number of aliphatic hydroxyl groups is 2. The predicted octanol–water partition coefficient (Wildman–Crippen LogP) is 0.0823. The summed E-state index contributed by atoms with van der Waals surface area (Å²) in [6.45, 7) is 1.64. The van der Waals surface area contributed by atoms with Crippen LogP contribution in [0.25, 0.3) is 17.2 Å². The maximum Gasteiger partial charge on any atom is 0.168 e. The molecule has 0 bridgehead atoms. The molecule has 3 rings (SSSR count). The van der Waals surface area contributed by atoms with Crippen molar-refractivity contribution in [2.75, 3.05) is 12.3 Å². The van der Waals surface area contributed by atoms with E-state index in [0.717, 1.165) is 0 Å². The number of nitrogens with two attached hydrogens (primary N) is 1. The summed E-state index contributed by atoms with van der Waals surface area (Å²) < 4.78 is 7.46. The lowest BCUT2D eigenvalue weighted by molar-refractivity contribution is -0.0434. The first-order chi connectivity index (χ1) is 10.2. The van der Waals surface area contributed by atoms with Crippen molar-refractivity contribution in [2.24, 2.45) is 0 Å². The average molecular weight is 291 g/mol. The first-order valence-corrected chi connectivity index (χ1v) is 6.71. The van der Waals surface area contributed by atoms with Gasteiger partial charge in [0.25, 0.3) is 0 Å². The molecule has 2 aromatic rings. The predicted molar refractivity (Wildman–Crippen MR) is 76.1 cm³/mol. The topological polar surface area (TPSA) is 119 Å². The number of rotatable bonds is 3. The zero-order chi connectivity index (χ0) is 15.0. The summed E-state index contributed by atoms with van der Waals surface area (Å²) >= 11 is 0. The van der Waals surface area contributed by atoms with Gasteiger partial charge in [-0.3, -0.25) is 4.57 Å². The molecule has 0 saturated carbocycles. The number of nitrogens with zero attached hydrogens (tertiary/aromatic N) is 4.